The number of imidazole rings is 1. The van der Waals surface area contributed by atoms with Gasteiger partial charge < -0.3 is 0 Å². The molecule has 2 heterocycles. The standard InChI is InChI=1S/C17H17N5O3S2/c1-11-19-20-15(26-11)22-14-9-12(27(24,25)10-17(2)5-6-17)3-4-13(14)21(8-7-18)16(22)23/h3-4,9H,5-6,8,10H2,1-2H3. The molecule has 0 spiro atoms. The zero-order valence-corrected chi connectivity index (χ0v) is 16.5. The quantitative estimate of drug-likeness (QED) is 0.645. The van der Waals surface area contributed by atoms with Crippen molar-refractivity contribution in [1.82, 2.24) is 19.3 Å². The van der Waals surface area contributed by atoms with E-state index < -0.39 is 15.5 Å². The van der Waals surface area contributed by atoms with Crippen LogP contribution in [0.1, 0.15) is 24.8 Å². The summed E-state index contributed by atoms with van der Waals surface area (Å²) in [6.07, 6.45) is 1.81. The second kappa shape index (κ2) is 6.00. The predicted octanol–water partition coefficient (Wildman–Crippen LogP) is 2.05. The van der Waals surface area contributed by atoms with Crippen LogP contribution >= 0.6 is 11.3 Å². The molecule has 1 fully saturated rings. The number of sulfone groups is 1. The molecule has 0 unspecified atom stereocenters. The van der Waals surface area contributed by atoms with E-state index in [1.54, 1.807) is 13.0 Å². The highest BCUT2D eigenvalue weighted by molar-refractivity contribution is 7.91. The lowest BCUT2D eigenvalue weighted by Crippen LogP contribution is -2.22. The normalized spacial score (nSPS) is 15.7. The van der Waals surface area contributed by atoms with E-state index in [1.807, 2.05) is 13.0 Å². The van der Waals surface area contributed by atoms with Crippen LogP contribution in [0.3, 0.4) is 0 Å². The van der Waals surface area contributed by atoms with E-state index in [9.17, 15) is 13.2 Å². The Kier molecular flexibility index (Phi) is 3.98. The molecule has 0 N–H and O–H groups in total. The zero-order valence-electron chi connectivity index (χ0n) is 14.8. The molecule has 1 aliphatic rings. The van der Waals surface area contributed by atoms with Crippen LogP contribution in [0.25, 0.3) is 16.2 Å². The highest BCUT2D eigenvalue weighted by atomic mass is 32.2. The molecular formula is C17H17N5O3S2. The fourth-order valence-electron chi connectivity index (χ4n) is 3.12. The average molecular weight is 403 g/mol. The van der Waals surface area contributed by atoms with Gasteiger partial charge in [-0.2, -0.15) is 5.26 Å². The summed E-state index contributed by atoms with van der Waals surface area (Å²) in [7, 11) is -3.48. The molecule has 0 atom stereocenters. The summed E-state index contributed by atoms with van der Waals surface area (Å²) in [6, 6.07) is 6.56. The summed E-state index contributed by atoms with van der Waals surface area (Å²) in [4.78, 5) is 13.0. The molecule has 0 bridgehead atoms. The number of hydrogen-bond donors (Lipinski definition) is 0. The van der Waals surface area contributed by atoms with Crippen molar-refractivity contribution >= 4 is 32.2 Å². The van der Waals surface area contributed by atoms with Gasteiger partial charge in [-0.25, -0.2) is 17.8 Å². The van der Waals surface area contributed by atoms with E-state index in [0.717, 1.165) is 12.8 Å². The van der Waals surface area contributed by atoms with Crippen molar-refractivity contribution in [2.75, 3.05) is 5.75 Å². The van der Waals surface area contributed by atoms with Gasteiger partial charge in [0.05, 0.1) is 27.8 Å². The number of benzene rings is 1. The Labute approximate surface area is 159 Å². The van der Waals surface area contributed by atoms with E-state index in [-0.39, 0.29) is 22.6 Å². The molecule has 0 amide bonds. The van der Waals surface area contributed by atoms with Gasteiger partial charge in [0.25, 0.3) is 0 Å². The lowest BCUT2D eigenvalue weighted by Gasteiger charge is -2.10. The number of aromatic nitrogens is 4. The number of aryl methyl sites for hydroxylation is 1. The van der Waals surface area contributed by atoms with Crippen molar-refractivity contribution in [3.05, 3.63) is 33.7 Å². The maximum atomic E-state index is 12.9. The third-order valence-corrected chi connectivity index (χ3v) is 7.71. The molecule has 0 aliphatic heterocycles. The third-order valence-electron chi connectivity index (χ3n) is 4.84. The smallest absolute Gasteiger partial charge is 0.278 e. The summed E-state index contributed by atoms with van der Waals surface area (Å²) in [5, 5.41) is 18.1. The van der Waals surface area contributed by atoms with E-state index in [2.05, 4.69) is 10.2 Å². The van der Waals surface area contributed by atoms with Gasteiger partial charge in [-0.15, -0.1) is 10.2 Å². The van der Waals surface area contributed by atoms with Crippen LogP contribution in [0.5, 0.6) is 0 Å². The Hall–Kier alpha value is -2.51. The summed E-state index contributed by atoms with van der Waals surface area (Å²) in [6.45, 7) is 3.60. The Morgan fingerprint density at radius 3 is 2.63 bits per heavy atom. The van der Waals surface area contributed by atoms with Gasteiger partial charge in [0.15, 0.2) is 9.84 Å². The number of nitrogens with zero attached hydrogens (tertiary/aromatic N) is 5. The van der Waals surface area contributed by atoms with Crippen LogP contribution in [0.2, 0.25) is 0 Å². The fourth-order valence-corrected chi connectivity index (χ4v) is 5.75. The molecule has 4 rings (SSSR count). The first-order valence-electron chi connectivity index (χ1n) is 8.40. The fraction of sp³-hybridized carbons (Fsp3) is 0.412. The van der Waals surface area contributed by atoms with Crippen molar-refractivity contribution in [3.8, 4) is 11.2 Å². The average Bonchev–Trinajstić information content (AvgIpc) is 3.05. The van der Waals surface area contributed by atoms with Crippen LogP contribution in [0.4, 0.5) is 0 Å². The summed E-state index contributed by atoms with van der Waals surface area (Å²) < 4.78 is 28.3. The number of fused-ring (bicyclic) bond motifs is 1. The van der Waals surface area contributed by atoms with Crippen LogP contribution in [-0.4, -0.2) is 33.5 Å². The van der Waals surface area contributed by atoms with Crippen molar-refractivity contribution in [2.24, 2.45) is 5.41 Å². The van der Waals surface area contributed by atoms with E-state index in [4.69, 9.17) is 5.26 Å². The number of rotatable bonds is 5. The highest BCUT2D eigenvalue weighted by Gasteiger charge is 2.42. The van der Waals surface area contributed by atoms with Crippen molar-refractivity contribution in [2.45, 2.75) is 38.1 Å². The predicted molar refractivity (Wildman–Crippen MR) is 101 cm³/mol. The second-order valence-electron chi connectivity index (χ2n) is 7.19. The SMILES string of the molecule is Cc1nnc(-n2c(=O)n(CC#N)c3ccc(S(=O)(=O)CC4(C)CC4)cc32)s1. The van der Waals surface area contributed by atoms with Crippen molar-refractivity contribution in [3.63, 3.8) is 0 Å². The molecule has 140 valence electrons. The molecule has 8 nitrogen and oxygen atoms in total. The summed E-state index contributed by atoms with van der Waals surface area (Å²) >= 11 is 1.23. The molecule has 1 aliphatic carbocycles. The lowest BCUT2D eigenvalue weighted by molar-refractivity contribution is 0.568. The molecule has 3 aromatic rings. The first-order valence-corrected chi connectivity index (χ1v) is 10.9. The van der Waals surface area contributed by atoms with Gasteiger partial charge >= 0.3 is 5.69 Å². The molecule has 1 saturated carbocycles. The van der Waals surface area contributed by atoms with E-state index in [0.29, 0.717) is 21.2 Å². The van der Waals surface area contributed by atoms with Gasteiger partial charge in [0.2, 0.25) is 5.13 Å². The summed E-state index contributed by atoms with van der Waals surface area (Å²) in [5.41, 5.74) is 0.308. The maximum absolute atomic E-state index is 12.9. The van der Waals surface area contributed by atoms with Crippen molar-refractivity contribution in [1.29, 1.82) is 5.26 Å². The Balaban J connectivity index is 1.94. The van der Waals surface area contributed by atoms with E-state index >= 15 is 0 Å². The zero-order chi connectivity index (χ0) is 19.4. The molecule has 10 heteroatoms. The molecular weight excluding hydrogens is 386 g/mol. The number of nitriles is 1. The molecule has 0 radical (unpaired) electrons. The Bertz CT molecular complexity index is 1260. The Morgan fingerprint density at radius 2 is 2.04 bits per heavy atom. The molecule has 27 heavy (non-hydrogen) atoms. The minimum atomic E-state index is -3.48. The minimum absolute atomic E-state index is 0.0898. The van der Waals surface area contributed by atoms with Crippen LogP contribution in [-0.2, 0) is 16.4 Å². The molecule has 0 saturated heterocycles. The third kappa shape index (κ3) is 3.07. The van der Waals surface area contributed by atoms with Crippen LogP contribution < -0.4 is 5.69 Å². The van der Waals surface area contributed by atoms with Crippen LogP contribution in [0.15, 0.2) is 27.9 Å². The topological polar surface area (TPSA) is 111 Å². The molecule has 1 aromatic carbocycles. The van der Waals surface area contributed by atoms with Crippen LogP contribution in [0, 0.1) is 23.7 Å². The largest absolute Gasteiger partial charge is 0.336 e. The highest BCUT2D eigenvalue weighted by Crippen LogP contribution is 2.46. The first-order chi connectivity index (χ1) is 12.7. The Morgan fingerprint density at radius 1 is 1.30 bits per heavy atom. The lowest BCUT2D eigenvalue weighted by atomic mass is 10.2. The number of hydrogen-bond acceptors (Lipinski definition) is 7. The summed E-state index contributed by atoms with van der Waals surface area (Å²) in [5.74, 6) is 0.0898. The van der Waals surface area contributed by atoms with Crippen molar-refractivity contribution < 1.29 is 8.42 Å². The van der Waals surface area contributed by atoms with Gasteiger partial charge in [-0.1, -0.05) is 18.3 Å². The maximum Gasteiger partial charge on any atom is 0.336 e. The monoisotopic (exact) mass is 403 g/mol. The molecule has 2 aromatic heterocycles. The van der Waals surface area contributed by atoms with Gasteiger partial charge in [-0.05, 0) is 43.4 Å². The van der Waals surface area contributed by atoms with E-state index in [1.165, 1.54) is 32.6 Å². The van der Waals surface area contributed by atoms with Gasteiger partial charge in [0, 0.05) is 0 Å². The second-order valence-corrected chi connectivity index (χ2v) is 10.3. The van der Waals surface area contributed by atoms with Gasteiger partial charge in [-0.3, -0.25) is 4.57 Å². The van der Waals surface area contributed by atoms with Gasteiger partial charge in [0.1, 0.15) is 11.6 Å². The first kappa shape index (κ1) is 17.9. The minimum Gasteiger partial charge on any atom is -0.278 e.